The molecule has 1 aromatic carbocycles. The maximum atomic E-state index is 12.1. The van der Waals surface area contributed by atoms with Gasteiger partial charge in [0.15, 0.2) is 6.10 Å². The SMILES string of the molecule is CCC(CC)C(Cl)CNC(=O)C1Cc2ccccc2O1. The van der Waals surface area contributed by atoms with E-state index in [1.54, 1.807) is 0 Å². The fraction of sp³-hybridized carbons (Fsp3) is 0.562. The first-order valence-electron chi connectivity index (χ1n) is 7.32. The lowest BCUT2D eigenvalue weighted by Crippen LogP contribution is -2.41. The van der Waals surface area contributed by atoms with Crippen LogP contribution in [0.1, 0.15) is 32.3 Å². The first kappa shape index (κ1) is 15.2. The summed E-state index contributed by atoms with van der Waals surface area (Å²) >= 11 is 6.33. The number of benzene rings is 1. The fourth-order valence-electron chi connectivity index (χ4n) is 2.61. The highest BCUT2D eigenvalue weighted by molar-refractivity contribution is 6.21. The van der Waals surface area contributed by atoms with Gasteiger partial charge in [-0.15, -0.1) is 11.6 Å². The van der Waals surface area contributed by atoms with E-state index in [2.05, 4.69) is 19.2 Å². The molecule has 4 heteroatoms. The van der Waals surface area contributed by atoms with Gasteiger partial charge in [0.05, 0.1) is 5.38 Å². The Bertz CT molecular complexity index is 435. The zero-order chi connectivity index (χ0) is 14.5. The molecule has 110 valence electrons. The highest BCUT2D eigenvalue weighted by Crippen LogP contribution is 2.28. The molecule has 1 aromatic rings. The summed E-state index contributed by atoms with van der Waals surface area (Å²) in [5, 5.41) is 2.90. The number of carbonyl (C=O) groups is 1. The van der Waals surface area contributed by atoms with Gasteiger partial charge in [-0.2, -0.15) is 0 Å². The Morgan fingerprint density at radius 3 is 2.75 bits per heavy atom. The van der Waals surface area contributed by atoms with E-state index in [9.17, 15) is 4.79 Å². The van der Waals surface area contributed by atoms with Crippen molar-refractivity contribution in [2.24, 2.45) is 5.92 Å². The van der Waals surface area contributed by atoms with E-state index in [-0.39, 0.29) is 11.3 Å². The summed E-state index contributed by atoms with van der Waals surface area (Å²) in [7, 11) is 0. The molecule has 2 atom stereocenters. The first-order chi connectivity index (χ1) is 9.65. The second-order valence-corrected chi connectivity index (χ2v) is 5.82. The normalized spacial score (nSPS) is 18.5. The van der Waals surface area contributed by atoms with Gasteiger partial charge in [0.2, 0.25) is 0 Å². The number of ether oxygens (including phenoxy) is 1. The average Bonchev–Trinajstić information content (AvgIpc) is 2.90. The van der Waals surface area contributed by atoms with Gasteiger partial charge in [-0.05, 0) is 17.5 Å². The molecule has 0 fully saturated rings. The van der Waals surface area contributed by atoms with Gasteiger partial charge in [0.25, 0.3) is 5.91 Å². The Morgan fingerprint density at radius 2 is 2.10 bits per heavy atom. The molecule has 3 nitrogen and oxygen atoms in total. The number of hydrogen-bond donors (Lipinski definition) is 1. The zero-order valence-corrected chi connectivity index (χ0v) is 12.8. The molecule has 0 saturated carbocycles. The number of para-hydroxylation sites is 1. The van der Waals surface area contributed by atoms with Crippen LogP contribution in [0.25, 0.3) is 0 Å². The van der Waals surface area contributed by atoms with Gasteiger partial charge < -0.3 is 10.1 Å². The van der Waals surface area contributed by atoms with Crippen molar-refractivity contribution >= 4 is 17.5 Å². The highest BCUT2D eigenvalue weighted by Gasteiger charge is 2.29. The van der Waals surface area contributed by atoms with E-state index in [0.29, 0.717) is 18.9 Å². The van der Waals surface area contributed by atoms with Crippen LogP contribution >= 0.6 is 11.6 Å². The maximum Gasteiger partial charge on any atom is 0.261 e. The van der Waals surface area contributed by atoms with Crippen LogP contribution in [0, 0.1) is 5.92 Å². The number of halogens is 1. The summed E-state index contributed by atoms with van der Waals surface area (Å²) in [5.74, 6) is 1.19. The van der Waals surface area contributed by atoms with E-state index >= 15 is 0 Å². The highest BCUT2D eigenvalue weighted by atomic mass is 35.5. The number of rotatable bonds is 6. The van der Waals surface area contributed by atoms with E-state index < -0.39 is 6.10 Å². The van der Waals surface area contributed by atoms with Crippen molar-refractivity contribution in [3.05, 3.63) is 29.8 Å². The number of carbonyl (C=O) groups excluding carboxylic acids is 1. The van der Waals surface area contributed by atoms with Gasteiger partial charge in [0, 0.05) is 13.0 Å². The van der Waals surface area contributed by atoms with Crippen molar-refractivity contribution in [2.45, 2.75) is 44.6 Å². The molecule has 0 aromatic heterocycles. The van der Waals surface area contributed by atoms with Crippen LogP contribution in [0.4, 0.5) is 0 Å². The molecular weight excluding hydrogens is 274 g/mol. The fourth-order valence-corrected chi connectivity index (χ4v) is 3.04. The Morgan fingerprint density at radius 1 is 1.40 bits per heavy atom. The molecule has 0 aliphatic carbocycles. The van der Waals surface area contributed by atoms with Gasteiger partial charge in [0.1, 0.15) is 5.75 Å². The summed E-state index contributed by atoms with van der Waals surface area (Å²) < 4.78 is 5.66. The van der Waals surface area contributed by atoms with Crippen molar-refractivity contribution in [3.8, 4) is 5.75 Å². The molecule has 20 heavy (non-hydrogen) atoms. The van der Waals surface area contributed by atoms with E-state index in [1.165, 1.54) is 0 Å². The lowest BCUT2D eigenvalue weighted by molar-refractivity contribution is -0.127. The van der Waals surface area contributed by atoms with E-state index in [1.807, 2.05) is 24.3 Å². The first-order valence-corrected chi connectivity index (χ1v) is 7.75. The summed E-state index contributed by atoms with van der Waals surface area (Å²) in [6.45, 7) is 4.76. The van der Waals surface area contributed by atoms with Crippen LogP contribution in [0.3, 0.4) is 0 Å². The third kappa shape index (κ3) is 3.45. The van der Waals surface area contributed by atoms with Gasteiger partial charge >= 0.3 is 0 Å². The second-order valence-electron chi connectivity index (χ2n) is 5.26. The van der Waals surface area contributed by atoms with Crippen molar-refractivity contribution in [2.75, 3.05) is 6.54 Å². The molecule has 1 N–H and O–H groups in total. The predicted molar refractivity (Wildman–Crippen MR) is 81.3 cm³/mol. The van der Waals surface area contributed by atoms with Crippen molar-refractivity contribution in [3.63, 3.8) is 0 Å². The minimum absolute atomic E-state index is 0.0160. The Hall–Kier alpha value is -1.22. The van der Waals surface area contributed by atoms with Crippen LogP contribution in [0.15, 0.2) is 24.3 Å². The van der Waals surface area contributed by atoms with Gasteiger partial charge in [-0.25, -0.2) is 0 Å². The summed E-state index contributed by atoms with van der Waals surface area (Å²) in [6, 6.07) is 7.78. The zero-order valence-electron chi connectivity index (χ0n) is 12.1. The molecule has 2 unspecified atom stereocenters. The number of fused-ring (bicyclic) bond motifs is 1. The third-order valence-electron chi connectivity index (χ3n) is 3.97. The lowest BCUT2D eigenvalue weighted by Gasteiger charge is -2.20. The van der Waals surface area contributed by atoms with Gasteiger partial charge in [-0.1, -0.05) is 44.9 Å². The van der Waals surface area contributed by atoms with Crippen molar-refractivity contribution in [1.82, 2.24) is 5.32 Å². The smallest absolute Gasteiger partial charge is 0.261 e. The van der Waals surface area contributed by atoms with Crippen LogP contribution in [0.2, 0.25) is 0 Å². The molecule has 1 aliphatic heterocycles. The Balaban J connectivity index is 1.82. The molecule has 2 rings (SSSR count). The Labute approximate surface area is 125 Å². The summed E-state index contributed by atoms with van der Waals surface area (Å²) in [4.78, 5) is 12.1. The summed E-state index contributed by atoms with van der Waals surface area (Å²) in [6.07, 6.45) is 2.29. The van der Waals surface area contributed by atoms with Gasteiger partial charge in [-0.3, -0.25) is 4.79 Å². The predicted octanol–water partition coefficient (Wildman–Crippen LogP) is 3.15. The van der Waals surface area contributed by atoms with E-state index in [4.69, 9.17) is 16.3 Å². The van der Waals surface area contributed by atoms with Crippen molar-refractivity contribution < 1.29 is 9.53 Å². The van der Waals surface area contributed by atoms with Crippen LogP contribution in [-0.2, 0) is 11.2 Å². The molecule has 1 amide bonds. The second kappa shape index (κ2) is 6.98. The minimum Gasteiger partial charge on any atom is -0.480 e. The largest absolute Gasteiger partial charge is 0.480 e. The molecule has 1 aliphatic rings. The molecule has 0 spiro atoms. The Kier molecular flexibility index (Phi) is 5.30. The number of alkyl halides is 1. The lowest BCUT2D eigenvalue weighted by atomic mass is 9.99. The standard InChI is InChI=1S/C16H22ClNO2/c1-3-11(4-2)13(17)10-18-16(19)15-9-12-7-5-6-8-14(12)20-15/h5-8,11,13,15H,3-4,9-10H2,1-2H3,(H,18,19). The van der Waals surface area contributed by atoms with Crippen molar-refractivity contribution in [1.29, 1.82) is 0 Å². The number of nitrogens with one attached hydrogen (secondary N) is 1. The summed E-state index contributed by atoms with van der Waals surface area (Å²) in [5.41, 5.74) is 1.09. The number of hydrogen-bond acceptors (Lipinski definition) is 2. The van der Waals surface area contributed by atoms with Crippen LogP contribution in [0.5, 0.6) is 5.75 Å². The average molecular weight is 296 g/mol. The van der Waals surface area contributed by atoms with E-state index in [0.717, 1.165) is 24.2 Å². The van der Waals surface area contributed by atoms with Crippen LogP contribution in [-0.4, -0.2) is 23.9 Å². The molecule has 0 saturated heterocycles. The number of amides is 1. The molecule has 1 heterocycles. The monoisotopic (exact) mass is 295 g/mol. The molecule has 0 bridgehead atoms. The minimum atomic E-state index is -0.419. The van der Waals surface area contributed by atoms with Crippen LogP contribution < -0.4 is 10.1 Å². The molecule has 0 radical (unpaired) electrons. The quantitative estimate of drug-likeness (QED) is 0.819. The maximum absolute atomic E-state index is 12.1. The topological polar surface area (TPSA) is 38.3 Å². The third-order valence-corrected chi connectivity index (χ3v) is 4.48. The molecular formula is C16H22ClNO2.